The van der Waals surface area contributed by atoms with E-state index < -0.39 is 5.97 Å². The number of carboxylic acid groups (broad SMARTS) is 1. The largest absolute Gasteiger partial charge is 0.481 e. The van der Waals surface area contributed by atoms with Gasteiger partial charge in [-0.05, 0) is 30.5 Å². The first-order valence-corrected chi connectivity index (χ1v) is 6.12. The van der Waals surface area contributed by atoms with Crippen molar-refractivity contribution >= 4 is 30.8 Å². The first-order valence-electron chi connectivity index (χ1n) is 6.12. The van der Waals surface area contributed by atoms with Crippen LogP contribution in [-0.4, -0.2) is 22.1 Å². The van der Waals surface area contributed by atoms with E-state index in [0.717, 1.165) is 37.8 Å². The summed E-state index contributed by atoms with van der Waals surface area (Å²) in [7, 11) is 0. The van der Waals surface area contributed by atoms with E-state index >= 15 is 0 Å². The van der Waals surface area contributed by atoms with Crippen LogP contribution in [0.3, 0.4) is 0 Å². The number of hydrogen-bond acceptors (Lipinski definition) is 3. The molecule has 1 saturated carbocycles. The topological polar surface area (TPSA) is 62.2 Å². The van der Waals surface area contributed by atoms with Gasteiger partial charge in [-0.3, -0.25) is 9.78 Å². The van der Waals surface area contributed by atoms with E-state index in [1.807, 2.05) is 12.1 Å². The molecule has 1 aliphatic rings. The molecule has 2 rings (SSSR count). The second-order valence-corrected chi connectivity index (χ2v) is 4.57. The Morgan fingerprint density at radius 2 is 1.89 bits per heavy atom. The fourth-order valence-electron chi connectivity index (χ4n) is 2.42. The summed E-state index contributed by atoms with van der Waals surface area (Å²) in [5, 5.41) is 12.5. The van der Waals surface area contributed by atoms with Gasteiger partial charge in [0.15, 0.2) is 0 Å². The van der Waals surface area contributed by atoms with Gasteiger partial charge in [0, 0.05) is 25.0 Å². The van der Waals surface area contributed by atoms with Gasteiger partial charge >= 0.3 is 5.97 Å². The minimum absolute atomic E-state index is 0. The zero-order valence-electron chi connectivity index (χ0n) is 10.6. The van der Waals surface area contributed by atoms with E-state index in [0.29, 0.717) is 0 Å². The molecule has 0 saturated heterocycles. The van der Waals surface area contributed by atoms with Crippen LogP contribution in [0.4, 0.5) is 0 Å². The zero-order valence-corrected chi connectivity index (χ0v) is 12.3. The molecule has 0 spiro atoms. The number of nitrogens with one attached hydrogen (secondary N) is 1. The Balaban J connectivity index is 0.00000162. The number of halogens is 2. The van der Waals surface area contributed by atoms with E-state index in [4.69, 9.17) is 5.11 Å². The van der Waals surface area contributed by atoms with Gasteiger partial charge in [0.05, 0.1) is 5.92 Å². The molecular weight excluding hydrogens is 287 g/mol. The third-order valence-corrected chi connectivity index (χ3v) is 3.40. The number of nitrogens with zero attached hydrogens (tertiary/aromatic N) is 1. The molecule has 1 aromatic heterocycles. The minimum atomic E-state index is -0.670. The molecule has 108 valence electrons. The highest BCUT2D eigenvalue weighted by Crippen LogP contribution is 2.24. The molecule has 0 amide bonds. The van der Waals surface area contributed by atoms with Gasteiger partial charge in [-0.2, -0.15) is 0 Å². The average Bonchev–Trinajstić information content (AvgIpc) is 2.38. The molecule has 0 aliphatic heterocycles. The molecule has 2 atom stereocenters. The molecule has 2 N–H and O–H groups in total. The molecule has 1 heterocycles. The number of rotatable bonds is 4. The maximum Gasteiger partial charge on any atom is 0.308 e. The predicted molar refractivity (Wildman–Crippen MR) is 79.0 cm³/mol. The third kappa shape index (κ3) is 5.35. The first kappa shape index (κ1) is 18.2. The molecule has 4 nitrogen and oxygen atoms in total. The van der Waals surface area contributed by atoms with E-state index in [-0.39, 0.29) is 36.8 Å². The van der Waals surface area contributed by atoms with Crippen LogP contribution in [0, 0.1) is 5.92 Å². The highest BCUT2D eigenvalue weighted by Gasteiger charge is 2.30. The Morgan fingerprint density at radius 3 is 2.53 bits per heavy atom. The Kier molecular flexibility index (Phi) is 8.72. The summed E-state index contributed by atoms with van der Waals surface area (Å²) in [6, 6.07) is 4.01. The monoisotopic (exact) mass is 306 g/mol. The van der Waals surface area contributed by atoms with Crippen molar-refractivity contribution in [3.63, 3.8) is 0 Å². The van der Waals surface area contributed by atoms with Crippen LogP contribution in [0.25, 0.3) is 0 Å². The van der Waals surface area contributed by atoms with Gasteiger partial charge in [-0.15, -0.1) is 24.8 Å². The molecule has 1 aromatic rings. The lowest BCUT2D eigenvalue weighted by Gasteiger charge is -2.29. The second-order valence-electron chi connectivity index (χ2n) is 4.57. The minimum Gasteiger partial charge on any atom is -0.481 e. The average molecular weight is 307 g/mol. The highest BCUT2D eigenvalue weighted by atomic mass is 35.5. The first-order chi connectivity index (χ1) is 8.27. The van der Waals surface area contributed by atoms with Crippen molar-refractivity contribution in [2.45, 2.75) is 38.3 Å². The maximum atomic E-state index is 11.1. The molecule has 0 radical (unpaired) electrons. The van der Waals surface area contributed by atoms with E-state index in [9.17, 15) is 4.79 Å². The fraction of sp³-hybridized carbons (Fsp3) is 0.538. The molecule has 0 bridgehead atoms. The van der Waals surface area contributed by atoms with Crippen LogP contribution < -0.4 is 5.32 Å². The highest BCUT2D eigenvalue weighted by molar-refractivity contribution is 5.85. The van der Waals surface area contributed by atoms with E-state index in [1.54, 1.807) is 12.4 Å². The summed E-state index contributed by atoms with van der Waals surface area (Å²) < 4.78 is 0. The van der Waals surface area contributed by atoms with Crippen molar-refractivity contribution < 1.29 is 9.90 Å². The summed E-state index contributed by atoms with van der Waals surface area (Å²) in [6.07, 6.45) is 7.42. The van der Waals surface area contributed by atoms with Crippen LogP contribution in [0.5, 0.6) is 0 Å². The van der Waals surface area contributed by atoms with Gasteiger partial charge in [-0.25, -0.2) is 0 Å². The third-order valence-electron chi connectivity index (χ3n) is 3.40. The SMILES string of the molecule is Cl.Cl.O=C(O)C1CCCCC1NCc1ccncc1. The number of carbonyl (C=O) groups is 1. The van der Waals surface area contributed by atoms with Crippen LogP contribution in [0.1, 0.15) is 31.2 Å². The molecule has 1 fully saturated rings. The summed E-state index contributed by atoms with van der Waals surface area (Å²) >= 11 is 0. The van der Waals surface area contributed by atoms with Crippen LogP contribution >= 0.6 is 24.8 Å². The molecule has 6 heteroatoms. The van der Waals surface area contributed by atoms with Crippen molar-refractivity contribution in [2.24, 2.45) is 5.92 Å². The quantitative estimate of drug-likeness (QED) is 0.898. The summed E-state index contributed by atoms with van der Waals surface area (Å²) in [4.78, 5) is 15.1. The van der Waals surface area contributed by atoms with Crippen molar-refractivity contribution in [1.29, 1.82) is 0 Å². The predicted octanol–water partition coefficient (Wildman–Crippen LogP) is 2.66. The number of aliphatic carboxylic acids is 1. The second kappa shape index (κ2) is 9.13. The molecule has 2 unspecified atom stereocenters. The lowest BCUT2D eigenvalue weighted by atomic mass is 9.84. The summed E-state index contributed by atoms with van der Waals surface area (Å²) in [5.41, 5.74) is 1.15. The Labute approximate surface area is 125 Å². The molecule has 1 aliphatic carbocycles. The Morgan fingerprint density at radius 1 is 1.26 bits per heavy atom. The molecule has 0 aromatic carbocycles. The van der Waals surface area contributed by atoms with Crippen LogP contribution in [0.2, 0.25) is 0 Å². The van der Waals surface area contributed by atoms with E-state index in [1.165, 1.54) is 0 Å². The number of hydrogen-bond donors (Lipinski definition) is 2. The Hall–Kier alpha value is -0.840. The van der Waals surface area contributed by atoms with Crippen LogP contribution in [-0.2, 0) is 11.3 Å². The molecule has 19 heavy (non-hydrogen) atoms. The standard InChI is InChI=1S/C13H18N2O2.2ClH/c16-13(17)11-3-1-2-4-12(11)15-9-10-5-7-14-8-6-10;;/h5-8,11-12,15H,1-4,9H2,(H,16,17);2*1H. The van der Waals surface area contributed by atoms with Gasteiger partial charge in [0.2, 0.25) is 0 Å². The lowest BCUT2D eigenvalue weighted by Crippen LogP contribution is -2.41. The van der Waals surface area contributed by atoms with Gasteiger partial charge in [0.1, 0.15) is 0 Å². The van der Waals surface area contributed by atoms with Crippen molar-refractivity contribution in [1.82, 2.24) is 10.3 Å². The number of aromatic nitrogens is 1. The maximum absolute atomic E-state index is 11.1. The summed E-state index contributed by atoms with van der Waals surface area (Å²) in [5.74, 6) is -0.900. The van der Waals surface area contributed by atoms with E-state index in [2.05, 4.69) is 10.3 Å². The fourth-order valence-corrected chi connectivity index (χ4v) is 2.42. The van der Waals surface area contributed by atoms with Gasteiger partial charge in [-0.1, -0.05) is 12.8 Å². The summed E-state index contributed by atoms with van der Waals surface area (Å²) in [6.45, 7) is 0.719. The van der Waals surface area contributed by atoms with Gasteiger partial charge < -0.3 is 10.4 Å². The number of pyridine rings is 1. The lowest BCUT2D eigenvalue weighted by molar-refractivity contribution is -0.143. The Bertz CT molecular complexity index is 376. The van der Waals surface area contributed by atoms with Crippen molar-refractivity contribution in [3.8, 4) is 0 Å². The van der Waals surface area contributed by atoms with Crippen LogP contribution in [0.15, 0.2) is 24.5 Å². The zero-order chi connectivity index (χ0) is 12.1. The van der Waals surface area contributed by atoms with Gasteiger partial charge in [0.25, 0.3) is 0 Å². The van der Waals surface area contributed by atoms with Crippen molar-refractivity contribution in [2.75, 3.05) is 0 Å². The molecular formula is C13H20Cl2N2O2. The van der Waals surface area contributed by atoms with Crippen molar-refractivity contribution in [3.05, 3.63) is 30.1 Å². The normalized spacial score (nSPS) is 21.9. The smallest absolute Gasteiger partial charge is 0.308 e. The number of carboxylic acids is 1.